The van der Waals surface area contributed by atoms with Crippen molar-refractivity contribution in [3.8, 4) is 17.2 Å². The molecule has 3 aromatic rings. The number of halogens is 1. The fourth-order valence-corrected chi connectivity index (χ4v) is 4.02. The molecule has 2 unspecified atom stereocenters. The number of hydrogen-bond acceptors (Lipinski definition) is 5. The van der Waals surface area contributed by atoms with Gasteiger partial charge in [0.1, 0.15) is 23.4 Å². The van der Waals surface area contributed by atoms with Gasteiger partial charge in [0.25, 0.3) is 0 Å². The van der Waals surface area contributed by atoms with Gasteiger partial charge in [-0.05, 0) is 53.6 Å². The lowest BCUT2D eigenvalue weighted by molar-refractivity contribution is 0.407. The zero-order valence-corrected chi connectivity index (χ0v) is 18.4. The van der Waals surface area contributed by atoms with Crippen molar-refractivity contribution in [1.82, 2.24) is 5.32 Å². The number of benzene rings is 3. The maximum atomic E-state index is 10.5. The largest absolute Gasteiger partial charge is 0.508 e. The third-order valence-electron chi connectivity index (χ3n) is 5.24. The molecule has 1 aliphatic heterocycles. The van der Waals surface area contributed by atoms with Crippen molar-refractivity contribution in [2.75, 3.05) is 14.2 Å². The number of hydrogen-bond donors (Lipinski definition) is 2. The number of aliphatic imine (C=N–C) groups is 1. The molecule has 0 bridgehead atoms. The van der Waals surface area contributed by atoms with E-state index in [9.17, 15) is 5.11 Å². The Kier molecular flexibility index (Phi) is 6.06. The van der Waals surface area contributed by atoms with Gasteiger partial charge in [-0.2, -0.15) is 0 Å². The quantitative estimate of drug-likeness (QED) is 0.528. The average molecular weight is 467 g/mol. The number of rotatable bonds is 5. The first-order valence-corrected chi connectivity index (χ1v) is 10.5. The Bertz CT molecular complexity index is 1070. The zero-order chi connectivity index (χ0) is 21.1. The molecule has 3 aromatic carbocycles. The van der Waals surface area contributed by atoms with Gasteiger partial charge < -0.3 is 14.6 Å². The van der Waals surface area contributed by atoms with Crippen LogP contribution < -0.4 is 14.8 Å². The first-order valence-electron chi connectivity index (χ1n) is 9.67. The Morgan fingerprint density at radius 3 is 2.47 bits per heavy atom. The number of phenolic OH excluding ortho intramolecular Hbond substituents is 1. The molecule has 1 aliphatic rings. The Balaban J connectivity index is 1.76. The molecule has 1 heterocycles. The van der Waals surface area contributed by atoms with Gasteiger partial charge in [-0.3, -0.25) is 10.3 Å². The topological polar surface area (TPSA) is 63.1 Å². The van der Waals surface area contributed by atoms with E-state index in [0.717, 1.165) is 38.4 Å². The molecular weight excluding hydrogens is 444 g/mol. The number of ether oxygens (including phenoxy) is 2. The summed E-state index contributed by atoms with van der Waals surface area (Å²) in [7, 11) is 3.31. The number of methoxy groups -OCH3 is 2. The Morgan fingerprint density at radius 2 is 1.73 bits per heavy atom. The highest BCUT2D eigenvalue weighted by Crippen LogP contribution is 2.36. The van der Waals surface area contributed by atoms with E-state index in [4.69, 9.17) is 14.5 Å². The lowest BCUT2D eigenvalue weighted by Gasteiger charge is -2.31. The van der Waals surface area contributed by atoms with Crippen LogP contribution in [0.3, 0.4) is 0 Å². The van der Waals surface area contributed by atoms with Crippen molar-refractivity contribution in [1.29, 1.82) is 0 Å². The molecule has 0 spiro atoms. The molecule has 0 fully saturated rings. The van der Waals surface area contributed by atoms with Gasteiger partial charge in [-0.25, -0.2) is 0 Å². The molecule has 0 radical (unpaired) electrons. The second-order valence-electron chi connectivity index (χ2n) is 7.11. The van der Waals surface area contributed by atoms with E-state index in [0.29, 0.717) is 6.42 Å². The Hall–Kier alpha value is -2.83. The van der Waals surface area contributed by atoms with Gasteiger partial charge in [0.2, 0.25) is 0 Å². The second kappa shape index (κ2) is 8.90. The van der Waals surface area contributed by atoms with Crippen molar-refractivity contribution in [3.63, 3.8) is 0 Å². The van der Waals surface area contributed by atoms with Crippen LogP contribution in [0.4, 0.5) is 0 Å². The standard InChI is InChI=1S/C24H23BrN2O3/c1-29-18-9-6-15(7-10-18)24-26-21(16-4-3-5-19(12-16)30-2)14-22(27-24)20-13-17(25)8-11-23(20)28/h3-13,22,24,27-28H,14H2,1-2H3. The van der Waals surface area contributed by atoms with Crippen molar-refractivity contribution in [2.24, 2.45) is 4.99 Å². The minimum absolute atomic E-state index is 0.103. The molecule has 154 valence electrons. The Labute approximate surface area is 184 Å². The summed E-state index contributed by atoms with van der Waals surface area (Å²) in [6, 6.07) is 21.2. The van der Waals surface area contributed by atoms with E-state index >= 15 is 0 Å². The molecule has 6 heteroatoms. The van der Waals surface area contributed by atoms with E-state index < -0.39 is 0 Å². The van der Waals surface area contributed by atoms with E-state index in [1.54, 1.807) is 20.3 Å². The third kappa shape index (κ3) is 4.35. The molecule has 4 rings (SSSR count). The second-order valence-corrected chi connectivity index (χ2v) is 8.03. The summed E-state index contributed by atoms with van der Waals surface area (Å²) in [6.45, 7) is 0. The predicted molar refractivity (Wildman–Crippen MR) is 122 cm³/mol. The average Bonchev–Trinajstić information content (AvgIpc) is 2.80. The molecule has 30 heavy (non-hydrogen) atoms. The summed E-state index contributed by atoms with van der Waals surface area (Å²) >= 11 is 3.52. The van der Waals surface area contributed by atoms with Gasteiger partial charge >= 0.3 is 0 Å². The van der Waals surface area contributed by atoms with Crippen LogP contribution in [0.15, 0.2) is 76.2 Å². The molecular formula is C24H23BrN2O3. The molecule has 0 amide bonds. The fourth-order valence-electron chi connectivity index (χ4n) is 3.64. The van der Waals surface area contributed by atoms with E-state index in [-0.39, 0.29) is 18.0 Å². The van der Waals surface area contributed by atoms with Crippen molar-refractivity contribution in [2.45, 2.75) is 18.6 Å². The van der Waals surface area contributed by atoms with Crippen LogP contribution in [0.2, 0.25) is 0 Å². The summed E-state index contributed by atoms with van der Waals surface area (Å²) in [5, 5.41) is 14.1. The zero-order valence-electron chi connectivity index (χ0n) is 16.8. The number of nitrogens with zero attached hydrogens (tertiary/aromatic N) is 1. The maximum Gasteiger partial charge on any atom is 0.126 e. The van der Waals surface area contributed by atoms with Crippen molar-refractivity contribution >= 4 is 21.6 Å². The smallest absolute Gasteiger partial charge is 0.126 e. The maximum absolute atomic E-state index is 10.5. The van der Waals surface area contributed by atoms with Crippen LogP contribution >= 0.6 is 15.9 Å². The number of nitrogens with one attached hydrogen (secondary N) is 1. The third-order valence-corrected chi connectivity index (χ3v) is 5.73. The lowest BCUT2D eigenvalue weighted by atomic mass is 9.93. The monoisotopic (exact) mass is 466 g/mol. The SMILES string of the molecule is COc1ccc(C2N=C(c3cccc(OC)c3)CC(c3cc(Br)ccc3O)N2)cc1. The predicted octanol–water partition coefficient (Wildman–Crippen LogP) is 5.39. The normalized spacial score (nSPS) is 18.6. The van der Waals surface area contributed by atoms with Crippen LogP contribution in [-0.4, -0.2) is 25.0 Å². The van der Waals surface area contributed by atoms with E-state index in [1.807, 2.05) is 60.7 Å². The highest BCUT2D eigenvalue weighted by molar-refractivity contribution is 9.10. The summed E-state index contributed by atoms with van der Waals surface area (Å²) in [5.41, 5.74) is 3.82. The number of phenols is 1. The van der Waals surface area contributed by atoms with Gasteiger partial charge in [-0.15, -0.1) is 0 Å². The van der Waals surface area contributed by atoms with Gasteiger partial charge in [0, 0.05) is 28.2 Å². The number of aromatic hydroxyl groups is 1. The minimum atomic E-state index is -0.255. The molecule has 0 saturated heterocycles. The summed E-state index contributed by atoms with van der Waals surface area (Å²) in [5.74, 6) is 1.85. The molecule has 5 nitrogen and oxygen atoms in total. The first-order chi connectivity index (χ1) is 14.6. The minimum Gasteiger partial charge on any atom is -0.508 e. The van der Waals surface area contributed by atoms with Crippen LogP contribution in [0, 0.1) is 0 Å². The molecule has 2 atom stereocenters. The lowest BCUT2D eigenvalue weighted by Crippen LogP contribution is -2.33. The van der Waals surface area contributed by atoms with Crippen LogP contribution in [0.25, 0.3) is 0 Å². The summed E-state index contributed by atoms with van der Waals surface area (Å²) in [4.78, 5) is 5.00. The van der Waals surface area contributed by atoms with Gasteiger partial charge in [0.05, 0.1) is 14.2 Å². The van der Waals surface area contributed by atoms with Crippen LogP contribution in [0.5, 0.6) is 17.2 Å². The van der Waals surface area contributed by atoms with Crippen molar-refractivity contribution < 1.29 is 14.6 Å². The summed E-state index contributed by atoms with van der Waals surface area (Å²) in [6.07, 6.45) is 0.387. The Morgan fingerprint density at radius 1 is 0.967 bits per heavy atom. The van der Waals surface area contributed by atoms with Gasteiger partial charge in [0.15, 0.2) is 0 Å². The molecule has 2 N–H and O–H groups in total. The molecule has 0 saturated carbocycles. The summed E-state index contributed by atoms with van der Waals surface area (Å²) < 4.78 is 11.6. The highest BCUT2D eigenvalue weighted by atomic mass is 79.9. The van der Waals surface area contributed by atoms with Crippen molar-refractivity contribution in [3.05, 3.63) is 87.9 Å². The molecule has 0 aromatic heterocycles. The highest BCUT2D eigenvalue weighted by Gasteiger charge is 2.28. The fraction of sp³-hybridized carbons (Fsp3) is 0.208. The van der Waals surface area contributed by atoms with E-state index in [1.165, 1.54) is 0 Å². The molecule has 0 aliphatic carbocycles. The van der Waals surface area contributed by atoms with Crippen LogP contribution in [0.1, 0.15) is 35.3 Å². The van der Waals surface area contributed by atoms with Gasteiger partial charge in [-0.1, -0.05) is 40.2 Å². The van der Waals surface area contributed by atoms with E-state index in [2.05, 4.69) is 21.2 Å². The van der Waals surface area contributed by atoms with Crippen LogP contribution in [-0.2, 0) is 0 Å². The first kappa shape index (κ1) is 20.4.